The van der Waals surface area contributed by atoms with Crippen molar-refractivity contribution in [3.63, 3.8) is 0 Å². The Morgan fingerprint density at radius 1 is 1.15 bits per heavy atom. The van der Waals surface area contributed by atoms with Gasteiger partial charge in [-0.05, 0) is 46.2 Å². The number of carbonyl (C=O) groups excluding carboxylic acids is 1. The Balaban J connectivity index is 2.15. The molecule has 1 saturated heterocycles. The van der Waals surface area contributed by atoms with Crippen LogP contribution in [0.3, 0.4) is 0 Å². The topological polar surface area (TPSA) is 44.4 Å². The first-order chi connectivity index (χ1) is 9.63. The monoisotopic (exact) mass is 283 g/mol. The molecule has 20 heavy (non-hydrogen) atoms. The van der Waals surface area contributed by atoms with Crippen LogP contribution in [0.1, 0.15) is 59.3 Å². The Labute approximate surface area is 124 Å². The molecule has 0 aromatic heterocycles. The summed E-state index contributed by atoms with van der Waals surface area (Å²) >= 11 is 0. The molecule has 0 aliphatic carbocycles. The lowest BCUT2D eigenvalue weighted by Gasteiger charge is -2.30. The van der Waals surface area contributed by atoms with Crippen molar-refractivity contribution in [1.29, 1.82) is 0 Å². The van der Waals surface area contributed by atoms with E-state index in [4.69, 9.17) is 0 Å². The van der Waals surface area contributed by atoms with E-state index in [2.05, 4.69) is 29.4 Å². The quantitative estimate of drug-likeness (QED) is 0.637. The van der Waals surface area contributed by atoms with Gasteiger partial charge in [-0.3, -0.25) is 4.79 Å². The molecule has 0 saturated carbocycles. The summed E-state index contributed by atoms with van der Waals surface area (Å²) in [6.07, 6.45) is 7.47. The predicted molar refractivity (Wildman–Crippen MR) is 84.9 cm³/mol. The molecule has 1 fully saturated rings. The smallest absolute Gasteiger partial charge is 0.236 e. The predicted octanol–water partition coefficient (Wildman–Crippen LogP) is 2.15. The van der Waals surface area contributed by atoms with Crippen LogP contribution in [-0.4, -0.2) is 49.1 Å². The second-order valence-corrected chi connectivity index (χ2v) is 6.15. The van der Waals surface area contributed by atoms with Crippen molar-refractivity contribution in [1.82, 2.24) is 15.5 Å². The Kier molecular flexibility index (Phi) is 8.86. The van der Waals surface area contributed by atoms with Crippen LogP contribution in [0, 0.1) is 0 Å². The molecule has 1 heterocycles. The van der Waals surface area contributed by atoms with Crippen LogP contribution in [0.4, 0.5) is 0 Å². The maximum Gasteiger partial charge on any atom is 0.236 e. The van der Waals surface area contributed by atoms with Gasteiger partial charge in [-0.2, -0.15) is 0 Å². The molecule has 2 N–H and O–H groups in total. The zero-order valence-electron chi connectivity index (χ0n) is 13.6. The maximum absolute atomic E-state index is 11.9. The van der Waals surface area contributed by atoms with Gasteiger partial charge in [0.2, 0.25) is 5.91 Å². The lowest BCUT2D eigenvalue weighted by atomic mass is 10.1. The fourth-order valence-electron chi connectivity index (χ4n) is 2.82. The number of nitrogens with one attached hydrogen (secondary N) is 2. The van der Waals surface area contributed by atoms with E-state index in [1.54, 1.807) is 0 Å². The van der Waals surface area contributed by atoms with Crippen molar-refractivity contribution < 1.29 is 4.79 Å². The highest BCUT2D eigenvalue weighted by Gasteiger charge is 2.17. The molecule has 0 bridgehead atoms. The van der Waals surface area contributed by atoms with Crippen molar-refractivity contribution in [2.75, 3.05) is 26.2 Å². The van der Waals surface area contributed by atoms with Gasteiger partial charge >= 0.3 is 0 Å². The summed E-state index contributed by atoms with van der Waals surface area (Å²) in [5.41, 5.74) is 0. The second-order valence-electron chi connectivity index (χ2n) is 6.15. The molecule has 0 aromatic rings. The fraction of sp³-hybridized carbons (Fsp3) is 0.938. The number of rotatable bonds is 9. The third-order valence-electron chi connectivity index (χ3n) is 3.99. The molecule has 2 unspecified atom stereocenters. The van der Waals surface area contributed by atoms with Gasteiger partial charge in [0.15, 0.2) is 0 Å². The van der Waals surface area contributed by atoms with Crippen molar-refractivity contribution in [3.05, 3.63) is 0 Å². The van der Waals surface area contributed by atoms with Gasteiger partial charge in [0.25, 0.3) is 0 Å². The molecule has 4 nitrogen and oxygen atoms in total. The summed E-state index contributed by atoms with van der Waals surface area (Å²) in [5.74, 6) is 0.131. The number of piperidine rings is 1. The highest BCUT2D eigenvalue weighted by molar-refractivity contribution is 5.81. The maximum atomic E-state index is 11.9. The third-order valence-corrected chi connectivity index (χ3v) is 3.99. The van der Waals surface area contributed by atoms with Crippen LogP contribution >= 0.6 is 0 Å². The van der Waals surface area contributed by atoms with Crippen LogP contribution in [-0.2, 0) is 4.79 Å². The van der Waals surface area contributed by atoms with E-state index in [1.807, 2.05) is 6.92 Å². The largest absolute Gasteiger partial charge is 0.355 e. The molecule has 0 radical (unpaired) electrons. The Morgan fingerprint density at radius 2 is 1.85 bits per heavy atom. The molecule has 0 spiro atoms. The summed E-state index contributed by atoms with van der Waals surface area (Å²) in [6.45, 7) is 10.6. The molecule has 1 amide bonds. The number of hydrogen-bond donors (Lipinski definition) is 2. The summed E-state index contributed by atoms with van der Waals surface area (Å²) in [4.78, 5) is 14.5. The van der Waals surface area contributed by atoms with E-state index in [-0.39, 0.29) is 11.9 Å². The first-order valence-corrected chi connectivity index (χ1v) is 8.39. The molecule has 1 aliphatic rings. The minimum Gasteiger partial charge on any atom is -0.355 e. The Hall–Kier alpha value is -0.610. The van der Waals surface area contributed by atoms with Crippen LogP contribution in [0.25, 0.3) is 0 Å². The van der Waals surface area contributed by atoms with E-state index < -0.39 is 0 Å². The van der Waals surface area contributed by atoms with E-state index in [9.17, 15) is 4.79 Å². The zero-order valence-corrected chi connectivity index (χ0v) is 13.6. The number of nitrogens with zero attached hydrogens (tertiary/aromatic N) is 1. The summed E-state index contributed by atoms with van der Waals surface area (Å²) < 4.78 is 0. The minimum absolute atomic E-state index is 0.101. The molecular weight excluding hydrogens is 250 g/mol. The lowest BCUT2D eigenvalue weighted by molar-refractivity contribution is -0.122. The molecule has 0 aromatic carbocycles. The SMILES string of the molecule is CCCCCNC(=O)C(C)NC(C)CN1CCCCC1. The van der Waals surface area contributed by atoms with Gasteiger partial charge in [-0.15, -0.1) is 0 Å². The number of carbonyl (C=O) groups is 1. The molecule has 1 aliphatic heterocycles. The molecule has 1 rings (SSSR count). The zero-order chi connectivity index (χ0) is 14.8. The van der Waals surface area contributed by atoms with Crippen molar-refractivity contribution in [3.8, 4) is 0 Å². The number of unbranched alkanes of at least 4 members (excludes halogenated alkanes) is 2. The Bertz CT molecular complexity index is 264. The van der Waals surface area contributed by atoms with Gasteiger partial charge in [-0.25, -0.2) is 0 Å². The molecular formula is C16H33N3O. The average Bonchev–Trinajstić information content (AvgIpc) is 2.44. The summed E-state index contributed by atoms with van der Waals surface area (Å²) in [7, 11) is 0. The highest BCUT2D eigenvalue weighted by Crippen LogP contribution is 2.08. The highest BCUT2D eigenvalue weighted by atomic mass is 16.2. The van der Waals surface area contributed by atoms with Crippen LogP contribution in [0.5, 0.6) is 0 Å². The number of likely N-dealkylation sites (tertiary alicyclic amines) is 1. The van der Waals surface area contributed by atoms with Gasteiger partial charge in [0.05, 0.1) is 6.04 Å². The van der Waals surface area contributed by atoms with Crippen molar-refractivity contribution >= 4 is 5.91 Å². The van der Waals surface area contributed by atoms with Crippen LogP contribution < -0.4 is 10.6 Å². The van der Waals surface area contributed by atoms with E-state index >= 15 is 0 Å². The second kappa shape index (κ2) is 10.2. The van der Waals surface area contributed by atoms with E-state index in [1.165, 1.54) is 45.2 Å². The minimum atomic E-state index is -0.101. The standard InChI is InChI=1S/C16H33N3O/c1-4-5-7-10-17-16(20)15(3)18-14(2)13-19-11-8-6-9-12-19/h14-15,18H,4-13H2,1-3H3,(H,17,20). The third kappa shape index (κ3) is 7.25. The average molecular weight is 283 g/mol. The van der Waals surface area contributed by atoms with E-state index in [0.717, 1.165) is 19.5 Å². The van der Waals surface area contributed by atoms with Crippen molar-refractivity contribution in [2.24, 2.45) is 0 Å². The van der Waals surface area contributed by atoms with Gasteiger partial charge < -0.3 is 15.5 Å². The van der Waals surface area contributed by atoms with Gasteiger partial charge in [0, 0.05) is 19.1 Å². The van der Waals surface area contributed by atoms with Crippen LogP contribution in [0.2, 0.25) is 0 Å². The van der Waals surface area contributed by atoms with E-state index in [0.29, 0.717) is 6.04 Å². The number of hydrogen-bond acceptors (Lipinski definition) is 3. The normalized spacial score (nSPS) is 19.6. The van der Waals surface area contributed by atoms with Crippen LogP contribution in [0.15, 0.2) is 0 Å². The first-order valence-electron chi connectivity index (χ1n) is 8.39. The Morgan fingerprint density at radius 3 is 2.50 bits per heavy atom. The molecule has 118 valence electrons. The van der Waals surface area contributed by atoms with Crippen molar-refractivity contribution in [2.45, 2.75) is 71.4 Å². The summed E-state index contributed by atoms with van der Waals surface area (Å²) in [6, 6.07) is 0.265. The summed E-state index contributed by atoms with van der Waals surface area (Å²) in [5, 5.41) is 6.43. The molecule has 4 heteroatoms. The molecule has 2 atom stereocenters. The van der Waals surface area contributed by atoms with Gasteiger partial charge in [0.1, 0.15) is 0 Å². The fourth-order valence-corrected chi connectivity index (χ4v) is 2.82. The first kappa shape index (κ1) is 17.4. The van der Waals surface area contributed by atoms with Gasteiger partial charge in [-0.1, -0.05) is 26.2 Å². The number of amides is 1. The lowest BCUT2D eigenvalue weighted by Crippen LogP contribution is -2.50.